The van der Waals surface area contributed by atoms with Gasteiger partial charge in [-0.05, 0) is 36.0 Å². The van der Waals surface area contributed by atoms with Gasteiger partial charge in [0, 0.05) is 12.0 Å². The van der Waals surface area contributed by atoms with Crippen molar-refractivity contribution in [2.45, 2.75) is 70.1 Å². The Morgan fingerprint density at radius 3 is 2.59 bits per heavy atom. The summed E-state index contributed by atoms with van der Waals surface area (Å²) in [4.78, 5) is 20.3. The average molecular weight is 431 g/mol. The van der Waals surface area contributed by atoms with Crippen LogP contribution in [0.5, 0.6) is 0 Å². The van der Waals surface area contributed by atoms with E-state index in [0.717, 1.165) is 73.0 Å². The van der Waals surface area contributed by atoms with Crippen molar-refractivity contribution in [3.05, 3.63) is 59.7 Å². The number of aliphatic imine (C=N–C) groups is 1. The Morgan fingerprint density at radius 1 is 1.09 bits per heavy atom. The molecule has 1 atom stereocenters. The van der Waals surface area contributed by atoms with Gasteiger partial charge in [0.1, 0.15) is 11.4 Å². The van der Waals surface area contributed by atoms with Gasteiger partial charge >= 0.3 is 0 Å². The Labute approximate surface area is 189 Å². The molecule has 1 amide bonds. The lowest BCUT2D eigenvalue weighted by Crippen LogP contribution is -2.40. The molecule has 1 aliphatic carbocycles. The number of benzene rings is 2. The zero-order valence-corrected chi connectivity index (χ0v) is 18.6. The molecule has 2 aromatic rings. The highest BCUT2D eigenvalue weighted by molar-refractivity contribution is 6.08. The van der Waals surface area contributed by atoms with Gasteiger partial charge in [0.2, 0.25) is 0 Å². The first-order valence-electron chi connectivity index (χ1n) is 11.7. The maximum absolute atomic E-state index is 13.4. The van der Waals surface area contributed by atoms with Gasteiger partial charge < -0.3 is 0 Å². The summed E-state index contributed by atoms with van der Waals surface area (Å²) >= 11 is 0. The van der Waals surface area contributed by atoms with Gasteiger partial charge in [0.25, 0.3) is 5.91 Å². The first kappa shape index (κ1) is 20.8. The number of rotatable bonds is 7. The Kier molecular flexibility index (Phi) is 5.74. The van der Waals surface area contributed by atoms with Gasteiger partial charge in [-0.25, -0.2) is 5.53 Å². The van der Waals surface area contributed by atoms with Crippen molar-refractivity contribution in [2.24, 2.45) is 15.3 Å². The summed E-state index contributed by atoms with van der Waals surface area (Å²) in [6.45, 7) is 2.77. The van der Waals surface area contributed by atoms with E-state index in [-0.39, 0.29) is 12.1 Å². The monoisotopic (exact) mass is 430 g/mol. The second kappa shape index (κ2) is 8.82. The zero-order chi connectivity index (χ0) is 22.0. The largest absolute Gasteiger partial charge is 0.294 e. The molecule has 2 aromatic carbocycles. The number of nitrogens with one attached hydrogen (secondary N) is 2. The van der Waals surface area contributed by atoms with Gasteiger partial charge in [-0.15, -0.1) is 5.11 Å². The Hall–Kier alpha value is -3.06. The topological polar surface area (TPSA) is 81.5 Å². The third kappa shape index (κ3) is 3.81. The minimum absolute atomic E-state index is 0.201. The molecule has 1 unspecified atom stereocenters. The second-order valence-electron chi connectivity index (χ2n) is 8.92. The maximum Gasteiger partial charge on any atom is 0.256 e. The Balaban J connectivity index is 1.36. The average Bonchev–Trinajstić information content (AvgIpc) is 3.58. The second-order valence-corrected chi connectivity index (χ2v) is 8.92. The van der Waals surface area contributed by atoms with Crippen molar-refractivity contribution in [2.75, 3.05) is 0 Å². The van der Waals surface area contributed by atoms with Crippen LogP contribution in [-0.4, -0.2) is 22.2 Å². The maximum atomic E-state index is 13.4. The van der Waals surface area contributed by atoms with Crippen molar-refractivity contribution in [1.29, 1.82) is 0 Å². The van der Waals surface area contributed by atoms with E-state index in [1.165, 1.54) is 0 Å². The molecule has 2 aliphatic heterocycles. The van der Waals surface area contributed by atoms with E-state index in [1.54, 1.807) is 0 Å². The normalized spacial score (nSPS) is 21.4. The summed E-state index contributed by atoms with van der Waals surface area (Å²) in [5, 5.41) is 8.03. The van der Waals surface area contributed by atoms with Crippen LogP contribution < -0.4 is 11.0 Å². The van der Waals surface area contributed by atoms with Crippen molar-refractivity contribution < 1.29 is 4.79 Å². The van der Waals surface area contributed by atoms with E-state index < -0.39 is 5.54 Å². The van der Waals surface area contributed by atoms with Crippen LogP contribution in [0.15, 0.2) is 63.9 Å². The molecule has 1 fully saturated rings. The third-order valence-corrected chi connectivity index (χ3v) is 6.77. The quantitative estimate of drug-likeness (QED) is 0.643. The molecule has 2 N–H and O–H groups in total. The standard InChI is InChI=1S/C25H30N6O/c1-2-3-10-22-26-25(15-6-7-16-25)24(32)31(22)17-18-11-13-19(14-12-18)20-8-4-5-9-21(20)23-27-29-30-28-23/h4-5,8-9,11-14,23H,2-3,6-7,10,15-17H2,1H3,(H,27,30)(H,28,29). The van der Waals surface area contributed by atoms with Crippen LogP contribution in [0.1, 0.15) is 69.2 Å². The number of carbonyl (C=O) groups is 1. The minimum atomic E-state index is -0.473. The van der Waals surface area contributed by atoms with Crippen molar-refractivity contribution >= 4 is 11.7 Å². The summed E-state index contributed by atoms with van der Waals surface area (Å²) in [7, 11) is 0. The predicted octanol–water partition coefficient (Wildman–Crippen LogP) is 5.07. The van der Waals surface area contributed by atoms with Gasteiger partial charge in [0.05, 0.1) is 6.54 Å². The van der Waals surface area contributed by atoms with Gasteiger partial charge in [-0.2, -0.15) is 5.43 Å². The summed E-state index contributed by atoms with van der Waals surface area (Å²) in [6, 6.07) is 16.7. The van der Waals surface area contributed by atoms with E-state index in [0.29, 0.717) is 6.54 Å². The summed E-state index contributed by atoms with van der Waals surface area (Å²) in [5.41, 5.74) is 9.71. The first-order valence-corrected chi connectivity index (χ1v) is 11.7. The van der Waals surface area contributed by atoms with Gasteiger partial charge in [-0.3, -0.25) is 14.7 Å². The fraction of sp³-hybridized carbons (Fsp3) is 0.440. The molecule has 166 valence electrons. The summed E-state index contributed by atoms with van der Waals surface area (Å²) in [6.07, 6.45) is 6.85. The molecule has 2 heterocycles. The molecule has 0 bridgehead atoms. The summed E-state index contributed by atoms with van der Waals surface area (Å²) < 4.78 is 0. The highest BCUT2D eigenvalue weighted by Gasteiger charge is 2.49. The molecule has 0 saturated heterocycles. The zero-order valence-electron chi connectivity index (χ0n) is 18.6. The number of hydrogen-bond donors (Lipinski definition) is 2. The van der Waals surface area contributed by atoms with Crippen molar-refractivity contribution in [3.8, 4) is 11.1 Å². The van der Waals surface area contributed by atoms with E-state index >= 15 is 0 Å². The minimum Gasteiger partial charge on any atom is -0.294 e. The molecule has 32 heavy (non-hydrogen) atoms. The highest BCUT2D eigenvalue weighted by Crippen LogP contribution is 2.40. The smallest absolute Gasteiger partial charge is 0.256 e. The van der Waals surface area contributed by atoms with Crippen LogP contribution in [-0.2, 0) is 11.3 Å². The molecule has 1 spiro atoms. The highest BCUT2D eigenvalue weighted by atomic mass is 16.2. The number of unbranched alkanes of at least 4 members (excludes halogenated alkanes) is 1. The summed E-state index contributed by atoms with van der Waals surface area (Å²) in [5.74, 6) is 1.19. The molecular formula is C25H30N6O. The Bertz CT molecular complexity index is 1040. The number of carbonyl (C=O) groups excluding carboxylic acids is 1. The number of nitrogens with zero attached hydrogens (tertiary/aromatic N) is 4. The third-order valence-electron chi connectivity index (χ3n) is 6.77. The predicted molar refractivity (Wildman–Crippen MR) is 124 cm³/mol. The number of amidine groups is 1. The molecule has 1 saturated carbocycles. The fourth-order valence-electron chi connectivity index (χ4n) is 5.01. The van der Waals surface area contributed by atoms with Crippen molar-refractivity contribution in [3.63, 3.8) is 0 Å². The molecule has 7 nitrogen and oxygen atoms in total. The molecule has 5 rings (SSSR count). The molecule has 0 aromatic heterocycles. The van der Waals surface area contributed by atoms with E-state index in [9.17, 15) is 4.79 Å². The van der Waals surface area contributed by atoms with Crippen LogP contribution in [0.2, 0.25) is 0 Å². The van der Waals surface area contributed by atoms with Crippen LogP contribution in [0.25, 0.3) is 11.1 Å². The van der Waals surface area contributed by atoms with Crippen LogP contribution in [0.4, 0.5) is 0 Å². The lowest BCUT2D eigenvalue weighted by Gasteiger charge is -2.23. The fourth-order valence-corrected chi connectivity index (χ4v) is 5.01. The van der Waals surface area contributed by atoms with E-state index in [4.69, 9.17) is 4.99 Å². The van der Waals surface area contributed by atoms with Crippen LogP contribution in [0.3, 0.4) is 0 Å². The molecular weight excluding hydrogens is 400 g/mol. The molecule has 3 aliphatic rings. The number of amides is 1. The lowest BCUT2D eigenvalue weighted by atomic mass is 9.96. The lowest BCUT2D eigenvalue weighted by molar-refractivity contribution is -0.131. The van der Waals surface area contributed by atoms with Gasteiger partial charge in [-0.1, -0.05) is 79.9 Å². The molecule has 7 heteroatoms. The SMILES string of the molecule is CCCCC1=NC2(CCCC2)C(=O)N1Cc1ccc(-c2ccccc2C2N=NNN2)cc1. The van der Waals surface area contributed by atoms with Crippen LogP contribution >= 0.6 is 0 Å². The first-order chi connectivity index (χ1) is 15.7. The number of hydrazine groups is 1. The van der Waals surface area contributed by atoms with Crippen LogP contribution in [0, 0.1) is 0 Å². The van der Waals surface area contributed by atoms with Gasteiger partial charge in [0.15, 0.2) is 6.17 Å². The Morgan fingerprint density at radius 2 is 1.88 bits per heavy atom. The van der Waals surface area contributed by atoms with Crippen molar-refractivity contribution in [1.82, 2.24) is 15.9 Å². The molecule has 0 radical (unpaired) electrons. The number of hydrogen-bond acceptors (Lipinski definition) is 6. The van der Waals surface area contributed by atoms with E-state index in [1.807, 2.05) is 17.0 Å². The van der Waals surface area contributed by atoms with E-state index in [2.05, 4.69) is 64.6 Å².